The third-order valence-electron chi connectivity index (χ3n) is 3.42. The van der Waals surface area contributed by atoms with E-state index in [1.165, 1.54) is 12.0 Å². The third kappa shape index (κ3) is 5.04. The van der Waals surface area contributed by atoms with Gasteiger partial charge in [0.1, 0.15) is 0 Å². The fourth-order valence-electron chi connectivity index (χ4n) is 1.98. The summed E-state index contributed by atoms with van der Waals surface area (Å²) >= 11 is 0. The molecule has 7 heteroatoms. The van der Waals surface area contributed by atoms with Crippen LogP contribution in [-0.4, -0.2) is 66.1 Å². The van der Waals surface area contributed by atoms with Crippen LogP contribution >= 0.6 is 0 Å². The Morgan fingerprint density at radius 1 is 1.53 bits per heavy atom. The number of carbonyl (C=O) groups excluding carboxylic acids is 1. The molecule has 1 aliphatic heterocycles. The van der Waals surface area contributed by atoms with E-state index in [-0.39, 0.29) is 24.9 Å². The van der Waals surface area contributed by atoms with Crippen molar-refractivity contribution in [2.75, 3.05) is 26.7 Å². The molecule has 7 nitrogen and oxygen atoms in total. The molecule has 1 aliphatic rings. The Labute approximate surface area is 112 Å². The Hall–Kier alpha value is -1.34. The quantitative estimate of drug-likeness (QED) is 0.649. The van der Waals surface area contributed by atoms with Crippen molar-refractivity contribution in [2.45, 2.75) is 32.0 Å². The number of carboxylic acid groups (broad SMARTS) is 1. The average molecular weight is 274 g/mol. The van der Waals surface area contributed by atoms with Crippen LogP contribution in [0.5, 0.6) is 0 Å². The number of rotatable bonds is 5. The number of aliphatic hydroxyl groups is 1. The van der Waals surface area contributed by atoms with Crippen LogP contribution in [0.2, 0.25) is 0 Å². The van der Waals surface area contributed by atoms with Crippen LogP contribution in [0.1, 0.15) is 19.8 Å². The van der Waals surface area contributed by atoms with Gasteiger partial charge in [0, 0.05) is 26.7 Å². The lowest BCUT2D eigenvalue weighted by Crippen LogP contribution is -2.51. The SMILES string of the molecule is COC(CNC(=O)N1CCC(C)C(O)C1)CC(=O)O. The number of carboxylic acids is 1. The van der Waals surface area contributed by atoms with E-state index in [0.29, 0.717) is 13.1 Å². The van der Waals surface area contributed by atoms with Gasteiger partial charge in [-0.1, -0.05) is 6.92 Å². The van der Waals surface area contributed by atoms with Crippen molar-refractivity contribution in [1.29, 1.82) is 0 Å². The minimum absolute atomic E-state index is 0.143. The number of aliphatic hydroxyl groups excluding tert-OH is 1. The maximum Gasteiger partial charge on any atom is 0.317 e. The van der Waals surface area contributed by atoms with Crippen LogP contribution in [0.25, 0.3) is 0 Å². The number of carbonyl (C=O) groups is 2. The fraction of sp³-hybridized carbons (Fsp3) is 0.833. The first kappa shape index (κ1) is 15.7. The van der Waals surface area contributed by atoms with Crippen molar-refractivity contribution in [3.05, 3.63) is 0 Å². The standard InChI is InChI=1S/C12H22N2O5/c1-8-3-4-14(7-10(8)15)12(18)13-6-9(19-2)5-11(16)17/h8-10,15H,3-7H2,1-2H3,(H,13,18)(H,16,17). The molecule has 19 heavy (non-hydrogen) atoms. The Bertz CT molecular complexity index is 323. The van der Waals surface area contributed by atoms with Gasteiger partial charge in [-0.05, 0) is 12.3 Å². The molecule has 0 saturated carbocycles. The molecule has 1 heterocycles. The zero-order valence-electron chi connectivity index (χ0n) is 11.3. The summed E-state index contributed by atoms with van der Waals surface area (Å²) in [5.74, 6) is -0.772. The first-order valence-corrected chi connectivity index (χ1v) is 6.39. The Morgan fingerprint density at radius 3 is 2.74 bits per heavy atom. The van der Waals surface area contributed by atoms with Crippen LogP contribution in [0, 0.1) is 5.92 Å². The number of piperidine rings is 1. The number of β-amino-alcohol motifs (C(OH)–C–C–N with tert-alkyl or cyclic N) is 1. The van der Waals surface area contributed by atoms with Crippen LogP contribution < -0.4 is 5.32 Å². The van der Waals surface area contributed by atoms with E-state index in [4.69, 9.17) is 9.84 Å². The number of aliphatic carboxylic acids is 1. The van der Waals surface area contributed by atoms with Crippen LogP contribution in [0.4, 0.5) is 4.79 Å². The first-order valence-electron chi connectivity index (χ1n) is 6.39. The Balaban J connectivity index is 2.36. The summed E-state index contributed by atoms with van der Waals surface area (Å²) in [4.78, 5) is 24.0. The average Bonchev–Trinajstić information content (AvgIpc) is 2.36. The van der Waals surface area contributed by atoms with E-state index in [2.05, 4.69) is 5.32 Å². The van der Waals surface area contributed by atoms with Gasteiger partial charge in [0.25, 0.3) is 0 Å². The summed E-state index contributed by atoms with van der Waals surface area (Å²) < 4.78 is 4.97. The van der Waals surface area contributed by atoms with Gasteiger partial charge >= 0.3 is 12.0 Å². The lowest BCUT2D eigenvalue weighted by atomic mass is 9.96. The molecule has 0 bridgehead atoms. The molecule has 3 N–H and O–H groups in total. The zero-order valence-corrected chi connectivity index (χ0v) is 11.3. The topological polar surface area (TPSA) is 99.1 Å². The summed E-state index contributed by atoms with van der Waals surface area (Å²) in [6, 6.07) is -0.293. The first-order chi connectivity index (χ1) is 8.93. The van der Waals surface area contributed by atoms with E-state index in [0.717, 1.165) is 6.42 Å². The summed E-state index contributed by atoms with van der Waals surface area (Å²) in [7, 11) is 1.41. The van der Waals surface area contributed by atoms with Gasteiger partial charge in [-0.3, -0.25) is 4.79 Å². The minimum Gasteiger partial charge on any atom is -0.481 e. The lowest BCUT2D eigenvalue weighted by molar-refractivity contribution is -0.139. The van der Waals surface area contributed by atoms with Crippen LogP contribution in [0.15, 0.2) is 0 Å². The summed E-state index contributed by atoms with van der Waals surface area (Å²) in [6.07, 6.45) is -0.444. The van der Waals surface area contributed by atoms with Gasteiger partial charge in [0.05, 0.1) is 18.6 Å². The van der Waals surface area contributed by atoms with E-state index in [9.17, 15) is 14.7 Å². The number of nitrogens with one attached hydrogen (secondary N) is 1. The number of urea groups is 1. The highest BCUT2D eigenvalue weighted by molar-refractivity contribution is 5.74. The molecule has 0 aliphatic carbocycles. The van der Waals surface area contributed by atoms with Crippen molar-refractivity contribution < 1.29 is 24.5 Å². The molecule has 2 amide bonds. The van der Waals surface area contributed by atoms with Crippen molar-refractivity contribution in [2.24, 2.45) is 5.92 Å². The number of hydrogen-bond donors (Lipinski definition) is 3. The van der Waals surface area contributed by atoms with Gasteiger partial charge in [0.2, 0.25) is 0 Å². The summed E-state index contributed by atoms with van der Waals surface area (Å²) in [5.41, 5.74) is 0. The van der Waals surface area contributed by atoms with Crippen molar-refractivity contribution in [1.82, 2.24) is 10.2 Å². The molecule has 0 spiro atoms. The number of ether oxygens (including phenoxy) is 1. The van der Waals surface area contributed by atoms with Gasteiger partial charge < -0.3 is 25.2 Å². The fourth-order valence-corrected chi connectivity index (χ4v) is 1.98. The second-order valence-electron chi connectivity index (χ2n) is 4.92. The van der Waals surface area contributed by atoms with Gasteiger partial charge in [-0.25, -0.2) is 4.79 Å². The second-order valence-corrected chi connectivity index (χ2v) is 4.92. The normalized spacial score (nSPS) is 24.9. The number of likely N-dealkylation sites (tertiary alicyclic amines) is 1. The second kappa shape index (κ2) is 7.30. The maximum absolute atomic E-state index is 11.9. The largest absolute Gasteiger partial charge is 0.481 e. The smallest absolute Gasteiger partial charge is 0.317 e. The van der Waals surface area contributed by atoms with E-state index < -0.39 is 18.2 Å². The highest BCUT2D eigenvalue weighted by Crippen LogP contribution is 2.16. The van der Waals surface area contributed by atoms with E-state index >= 15 is 0 Å². The van der Waals surface area contributed by atoms with E-state index in [1.807, 2.05) is 6.92 Å². The summed E-state index contributed by atoms with van der Waals surface area (Å²) in [5, 5.41) is 21.0. The molecule has 1 fully saturated rings. The lowest BCUT2D eigenvalue weighted by Gasteiger charge is -2.34. The van der Waals surface area contributed by atoms with Gasteiger partial charge in [-0.15, -0.1) is 0 Å². The molecule has 0 aromatic rings. The molecular weight excluding hydrogens is 252 g/mol. The van der Waals surface area contributed by atoms with Crippen molar-refractivity contribution in [3.63, 3.8) is 0 Å². The van der Waals surface area contributed by atoms with Crippen LogP contribution in [-0.2, 0) is 9.53 Å². The highest BCUT2D eigenvalue weighted by Gasteiger charge is 2.27. The summed E-state index contributed by atoms with van der Waals surface area (Å²) in [6.45, 7) is 3.00. The number of hydrogen-bond acceptors (Lipinski definition) is 4. The Morgan fingerprint density at radius 2 is 2.21 bits per heavy atom. The zero-order chi connectivity index (χ0) is 14.4. The molecule has 3 unspecified atom stereocenters. The van der Waals surface area contributed by atoms with Crippen LogP contribution in [0.3, 0.4) is 0 Å². The van der Waals surface area contributed by atoms with Gasteiger partial charge in [-0.2, -0.15) is 0 Å². The molecule has 0 radical (unpaired) electrons. The molecule has 3 atom stereocenters. The third-order valence-corrected chi connectivity index (χ3v) is 3.42. The molecule has 0 aromatic carbocycles. The maximum atomic E-state index is 11.9. The molecule has 1 rings (SSSR count). The number of amides is 2. The minimum atomic E-state index is -0.969. The molecular formula is C12H22N2O5. The number of methoxy groups -OCH3 is 1. The molecule has 0 aromatic heterocycles. The molecule has 110 valence electrons. The predicted molar refractivity (Wildman–Crippen MR) is 67.8 cm³/mol. The highest BCUT2D eigenvalue weighted by atomic mass is 16.5. The van der Waals surface area contributed by atoms with Crippen molar-refractivity contribution >= 4 is 12.0 Å². The Kier molecular flexibility index (Phi) is 6.04. The molecule has 1 saturated heterocycles. The number of nitrogens with zero attached hydrogens (tertiary/aromatic N) is 1. The monoisotopic (exact) mass is 274 g/mol. The van der Waals surface area contributed by atoms with E-state index in [1.54, 1.807) is 0 Å². The van der Waals surface area contributed by atoms with Gasteiger partial charge in [0.15, 0.2) is 0 Å². The predicted octanol–water partition coefficient (Wildman–Crippen LogP) is -0.112. The van der Waals surface area contributed by atoms with Crippen molar-refractivity contribution in [3.8, 4) is 0 Å².